The quantitative estimate of drug-likeness (QED) is 0.553. The molecule has 0 fully saturated rings. The van der Waals surface area contributed by atoms with Crippen LogP contribution in [0, 0.1) is 0 Å². The summed E-state index contributed by atoms with van der Waals surface area (Å²) in [5, 5.41) is 6.82. The first kappa shape index (κ1) is 18.8. The van der Waals surface area contributed by atoms with Crippen LogP contribution in [0.5, 0.6) is 5.75 Å². The van der Waals surface area contributed by atoms with Crippen LogP contribution in [0.2, 0.25) is 5.02 Å². The van der Waals surface area contributed by atoms with Gasteiger partial charge >= 0.3 is 0 Å². The summed E-state index contributed by atoms with van der Waals surface area (Å²) >= 11 is 5.88. The van der Waals surface area contributed by atoms with Crippen LogP contribution in [0.1, 0.15) is 12.0 Å². The molecule has 0 spiro atoms. The molecule has 3 aromatic carbocycles. The lowest BCUT2D eigenvalue weighted by Gasteiger charge is -2.09. The van der Waals surface area contributed by atoms with Crippen molar-refractivity contribution < 1.29 is 9.53 Å². The highest BCUT2D eigenvalue weighted by molar-refractivity contribution is 6.30. The van der Waals surface area contributed by atoms with Crippen LogP contribution < -0.4 is 15.4 Å². The second kappa shape index (κ2) is 9.64. The van der Waals surface area contributed by atoms with Crippen LogP contribution in [-0.4, -0.2) is 12.5 Å². The number of anilines is 2. The van der Waals surface area contributed by atoms with Crippen molar-refractivity contribution in [1.29, 1.82) is 0 Å². The summed E-state index contributed by atoms with van der Waals surface area (Å²) in [6.45, 7) is 1.05. The highest BCUT2D eigenvalue weighted by atomic mass is 35.5. The van der Waals surface area contributed by atoms with Gasteiger partial charge in [0.05, 0.1) is 0 Å². The topological polar surface area (TPSA) is 50.4 Å². The van der Waals surface area contributed by atoms with Crippen molar-refractivity contribution in [3.05, 3.63) is 89.4 Å². The predicted octanol–water partition coefficient (Wildman–Crippen LogP) is 5.36. The Morgan fingerprint density at radius 3 is 2.26 bits per heavy atom. The Bertz CT molecular complexity index is 850. The van der Waals surface area contributed by atoms with Crippen molar-refractivity contribution in [2.75, 3.05) is 17.2 Å². The Morgan fingerprint density at radius 1 is 0.852 bits per heavy atom. The van der Waals surface area contributed by atoms with Crippen molar-refractivity contribution in [1.82, 2.24) is 0 Å². The second-order valence-corrected chi connectivity index (χ2v) is 6.47. The maximum atomic E-state index is 11.9. The highest BCUT2D eigenvalue weighted by Gasteiger charge is 2.02. The van der Waals surface area contributed by atoms with Gasteiger partial charge in [-0.3, -0.25) is 4.79 Å². The third-order valence-electron chi connectivity index (χ3n) is 3.91. The molecule has 5 heteroatoms. The number of hydrogen-bond donors (Lipinski definition) is 2. The van der Waals surface area contributed by atoms with Gasteiger partial charge in [0.15, 0.2) is 0 Å². The normalized spacial score (nSPS) is 10.3. The SMILES string of the molecule is O=C(CCNc1ccc(OCc2ccc(Cl)cc2)cc1)Nc1ccccc1. The summed E-state index contributed by atoms with van der Waals surface area (Å²) in [5.41, 5.74) is 2.82. The molecule has 0 aliphatic rings. The van der Waals surface area contributed by atoms with Gasteiger partial charge in [-0.25, -0.2) is 0 Å². The van der Waals surface area contributed by atoms with Crippen LogP contribution in [-0.2, 0) is 11.4 Å². The molecule has 0 unspecified atom stereocenters. The molecule has 0 aliphatic carbocycles. The largest absolute Gasteiger partial charge is 0.489 e. The van der Waals surface area contributed by atoms with Crippen molar-refractivity contribution in [3.8, 4) is 5.75 Å². The third kappa shape index (κ3) is 6.35. The lowest BCUT2D eigenvalue weighted by atomic mass is 10.2. The smallest absolute Gasteiger partial charge is 0.226 e. The standard InChI is InChI=1S/C22H21ClN2O2/c23-18-8-6-17(7-9-18)16-27-21-12-10-19(11-13-21)24-15-14-22(26)25-20-4-2-1-3-5-20/h1-13,24H,14-16H2,(H,25,26). The molecule has 0 aliphatic heterocycles. The zero-order valence-corrected chi connectivity index (χ0v) is 15.6. The first-order valence-corrected chi connectivity index (χ1v) is 9.13. The number of benzene rings is 3. The van der Waals surface area contributed by atoms with E-state index in [0.717, 1.165) is 22.7 Å². The predicted molar refractivity (Wildman–Crippen MR) is 110 cm³/mol. The number of ether oxygens (including phenoxy) is 1. The minimum Gasteiger partial charge on any atom is -0.489 e. The molecule has 0 bridgehead atoms. The molecule has 0 saturated heterocycles. The van der Waals surface area contributed by atoms with E-state index in [9.17, 15) is 4.79 Å². The number of halogens is 1. The summed E-state index contributed by atoms with van der Waals surface area (Å²) in [7, 11) is 0. The zero-order valence-electron chi connectivity index (χ0n) is 14.8. The molecule has 3 aromatic rings. The molecular weight excluding hydrogens is 360 g/mol. The van der Waals surface area contributed by atoms with Crippen LogP contribution in [0.4, 0.5) is 11.4 Å². The molecule has 4 nitrogen and oxygen atoms in total. The van der Waals surface area contributed by atoms with E-state index < -0.39 is 0 Å². The summed E-state index contributed by atoms with van der Waals surface area (Å²) in [6.07, 6.45) is 0.393. The molecule has 138 valence electrons. The molecule has 0 atom stereocenters. The van der Waals surface area contributed by atoms with Gasteiger partial charge in [-0.15, -0.1) is 0 Å². The lowest BCUT2D eigenvalue weighted by molar-refractivity contribution is -0.115. The lowest BCUT2D eigenvalue weighted by Crippen LogP contribution is -2.16. The van der Waals surface area contributed by atoms with Crippen molar-refractivity contribution in [2.24, 2.45) is 0 Å². The van der Waals surface area contributed by atoms with Crippen molar-refractivity contribution in [3.63, 3.8) is 0 Å². The molecule has 0 aromatic heterocycles. The van der Waals surface area contributed by atoms with Gasteiger partial charge in [0, 0.05) is 29.4 Å². The van der Waals surface area contributed by atoms with Crippen molar-refractivity contribution in [2.45, 2.75) is 13.0 Å². The molecule has 0 saturated carbocycles. The Morgan fingerprint density at radius 2 is 1.56 bits per heavy atom. The number of nitrogens with one attached hydrogen (secondary N) is 2. The summed E-state index contributed by atoms with van der Waals surface area (Å²) < 4.78 is 5.76. The molecule has 27 heavy (non-hydrogen) atoms. The number of hydrogen-bond acceptors (Lipinski definition) is 3. The van der Waals surface area contributed by atoms with Gasteiger partial charge in [-0.05, 0) is 54.1 Å². The van der Waals surface area contributed by atoms with Gasteiger partial charge in [-0.1, -0.05) is 41.9 Å². The van der Waals surface area contributed by atoms with Crippen LogP contribution in [0.3, 0.4) is 0 Å². The van der Waals surface area contributed by atoms with Crippen molar-refractivity contribution >= 4 is 28.9 Å². The van der Waals surface area contributed by atoms with E-state index in [1.54, 1.807) is 0 Å². The van der Waals surface area contributed by atoms with Crippen LogP contribution in [0.15, 0.2) is 78.9 Å². The fourth-order valence-corrected chi connectivity index (χ4v) is 2.61. The summed E-state index contributed by atoms with van der Waals surface area (Å²) in [4.78, 5) is 11.9. The van der Waals surface area contributed by atoms with Gasteiger partial charge in [0.25, 0.3) is 0 Å². The van der Waals surface area contributed by atoms with E-state index in [1.807, 2.05) is 78.9 Å². The van der Waals surface area contributed by atoms with Crippen LogP contribution >= 0.6 is 11.6 Å². The Kier molecular flexibility index (Phi) is 6.72. The highest BCUT2D eigenvalue weighted by Crippen LogP contribution is 2.18. The van der Waals surface area contributed by atoms with Crippen LogP contribution in [0.25, 0.3) is 0 Å². The van der Waals surface area contributed by atoms with Gasteiger partial charge < -0.3 is 15.4 Å². The minimum absolute atomic E-state index is 0.0170. The Labute approximate surface area is 164 Å². The zero-order chi connectivity index (χ0) is 18.9. The fraction of sp³-hybridized carbons (Fsp3) is 0.136. The first-order valence-electron chi connectivity index (χ1n) is 8.75. The van der Waals surface area contributed by atoms with E-state index >= 15 is 0 Å². The minimum atomic E-state index is -0.0170. The molecule has 1 amide bonds. The molecule has 2 N–H and O–H groups in total. The first-order chi connectivity index (χ1) is 13.2. The number of carbonyl (C=O) groups excluding carboxylic acids is 1. The maximum absolute atomic E-state index is 11.9. The van der Waals surface area contributed by atoms with E-state index in [-0.39, 0.29) is 5.91 Å². The molecule has 3 rings (SSSR count). The van der Waals surface area contributed by atoms with E-state index in [4.69, 9.17) is 16.3 Å². The third-order valence-corrected chi connectivity index (χ3v) is 4.16. The van der Waals surface area contributed by atoms with E-state index in [0.29, 0.717) is 24.6 Å². The molecular formula is C22H21ClN2O2. The van der Waals surface area contributed by atoms with Gasteiger partial charge in [0.1, 0.15) is 12.4 Å². The monoisotopic (exact) mass is 380 g/mol. The number of amides is 1. The Balaban J connectivity index is 1.39. The number of carbonyl (C=O) groups is 1. The van der Waals surface area contributed by atoms with E-state index in [1.165, 1.54) is 0 Å². The van der Waals surface area contributed by atoms with Gasteiger partial charge in [-0.2, -0.15) is 0 Å². The summed E-state index contributed by atoms with van der Waals surface area (Å²) in [6, 6.07) is 24.7. The summed E-state index contributed by atoms with van der Waals surface area (Å²) in [5.74, 6) is 0.772. The maximum Gasteiger partial charge on any atom is 0.226 e. The average molecular weight is 381 g/mol. The van der Waals surface area contributed by atoms with Gasteiger partial charge in [0.2, 0.25) is 5.91 Å². The second-order valence-electron chi connectivity index (χ2n) is 6.03. The number of para-hydroxylation sites is 1. The Hall–Kier alpha value is -2.98. The average Bonchev–Trinajstić information content (AvgIpc) is 2.69. The van der Waals surface area contributed by atoms with E-state index in [2.05, 4.69) is 10.6 Å². The number of rotatable bonds is 8. The molecule has 0 heterocycles. The fourth-order valence-electron chi connectivity index (χ4n) is 2.48. The molecule has 0 radical (unpaired) electrons.